The van der Waals surface area contributed by atoms with Gasteiger partial charge >= 0.3 is 5.97 Å². The van der Waals surface area contributed by atoms with E-state index in [2.05, 4.69) is 10.5 Å². The zero-order chi connectivity index (χ0) is 15.0. The van der Waals surface area contributed by atoms with Crippen molar-refractivity contribution in [3.8, 4) is 0 Å². The van der Waals surface area contributed by atoms with E-state index in [1.165, 1.54) is 18.2 Å². The molecule has 1 heterocycles. The van der Waals surface area contributed by atoms with Crippen LogP contribution in [0.5, 0.6) is 0 Å². The average Bonchev–Trinajstić information content (AvgIpc) is 3.18. The number of hydrogen-bond donors (Lipinski definition) is 2. The molecular weight excluding hydrogens is 279 g/mol. The predicted octanol–water partition coefficient (Wildman–Crippen LogP) is 2.64. The minimum atomic E-state index is -1.33. The molecule has 21 heavy (non-hydrogen) atoms. The van der Waals surface area contributed by atoms with Gasteiger partial charge in [-0.3, -0.25) is 4.79 Å². The molecule has 1 fully saturated rings. The molecule has 0 aliphatic heterocycles. The average molecular weight is 290 g/mol. The number of amides is 1. The van der Waals surface area contributed by atoms with Crippen molar-refractivity contribution in [2.75, 3.05) is 5.32 Å². The number of nitrogens with one attached hydrogen (secondary N) is 1. The third kappa shape index (κ3) is 2.62. The van der Waals surface area contributed by atoms with Crippen LogP contribution in [0.4, 0.5) is 10.1 Å². The second kappa shape index (κ2) is 5.01. The van der Waals surface area contributed by atoms with Crippen molar-refractivity contribution in [1.29, 1.82) is 0 Å². The van der Waals surface area contributed by atoms with Crippen molar-refractivity contribution in [3.63, 3.8) is 0 Å². The van der Waals surface area contributed by atoms with Crippen molar-refractivity contribution in [2.45, 2.75) is 18.8 Å². The minimum Gasteiger partial charge on any atom is -0.478 e. The Kier molecular flexibility index (Phi) is 3.17. The number of hydrogen-bond acceptors (Lipinski definition) is 4. The lowest BCUT2D eigenvalue weighted by Gasteiger charge is -2.07. The molecule has 1 saturated carbocycles. The van der Waals surface area contributed by atoms with Crippen LogP contribution < -0.4 is 5.32 Å². The van der Waals surface area contributed by atoms with Gasteiger partial charge in [0.25, 0.3) is 5.91 Å². The Morgan fingerprint density at radius 2 is 2.14 bits per heavy atom. The summed E-state index contributed by atoms with van der Waals surface area (Å²) in [6, 6.07) is 5.03. The van der Waals surface area contributed by atoms with Crippen molar-refractivity contribution < 1.29 is 23.6 Å². The van der Waals surface area contributed by atoms with Crippen LogP contribution >= 0.6 is 0 Å². The van der Waals surface area contributed by atoms with Crippen LogP contribution in [0.1, 0.15) is 45.4 Å². The molecule has 7 heteroatoms. The summed E-state index contributed by atoms with van der Waals surface area (Å²) in [6.07, 6.45) is 1.99. The van der Waals surface area contributed by atoms with Crippen LogP contribution in [0.15, 0.2) is 28.8 Å². The van der Waals surface area contributed by atoms with Crippen LogP contribution in [0, 0.1) is 5.82 Å². The second-order valence-electron chi connectivity index (χ2n) is 4.81. The Bertz CT molecular complexity index is 722. The van der Waals surface area contributed by atoms with Crippen molar-refractivity contribution in [2.24, 2.45) is 0 Å². The highest BCUT2D eigenvalue weighted by atomic mass is 19.1. The van der Waals surface area contributed by atoms with Gasteiger partial charge in [0.05, 0.1) is 11.3 Å². The van der Waals surface area contributed by atoms with E-state index in [1.807, 2.05) is 0 Å². The molecule has 0 atom stereocenters. The SMILES string of the molecule is O=C(Nc1c(F)cccc1C(=O)O)c1cc(C2CC2)on1. The minimum absolute atomic E-state index is 0.00325. The summed E-state index contributed by atoms with van der Waals surface area (Å²) in [6.45, 7) is 0. The van der Waals surface area contributed by atoms with Gasteiger partial charge < -0.3 is 14.9 Å². The largest absolute Gasteiger partial charge is 0.478 e. The first-order chi connectivity index (χ1) is 10.1. The summed E-state index contributed by atoms with van der Waals surface area (Å²) in [5, 5.41) is 14.9. The number of para-hydroxylation sites is 1. The quantitative estimate of drug-likeness (QED) is 0.903. The fraction of sp³-hybridized carbons (Fsp3) is 0.214. The highest BCUT2D eigenvalue weighted by Gasteiger charge is 2.29. The topological polar surface area (TPSA) is 92.4 Å². The number of benzene rings is 1. The first-order valence-corrected chi connectivity index (χ1v) is 6.36. The van der Waals surface area contributed by atoms with Crippen LogP contribution in [0.25, 0.3) is 0 Å². The maximum Gasteiger partial charge on any atom is 0.337 e. The Labute approximate surface area is 118 Å². The van der Waals surface area contributed by atoms with Gasteiger partial charge in [0.1, 0.15) is 11.6 Å². The third-order valence-electron chi connectivity index (χ3n) is 3.22. The molecule has 1 aromatic carbocycles. The van der Waals surface area contributed by atoms with Crippen LogP contribution in [0.2, 0.25) is 0 Å². The summed E-state index contributed by atoms with van der Waals surface area (Å²) < 4.78 is 18.7. The van der Waals surface area contributed by atoms with Crippen molar-refractivity contribution in [3.05, 3.63) is 47.1 Å². The smallest absolute Gasteiger partial charge is 0.337 e. The molecule has 0 bridgehead atoms. The summed E-state index contributed by atoms with van der Waals surface area (Å²) in [4.78, 5) is 23.0. The highest BCUT2D eigenvalue weighted by Crippen LogP contribution is 2.40. The lowest BCUT2D eigenvalue weighted by Crippen LogP contribution is -2.16. The molecule has 2 aromatic rings. The van der Waals surface area contributed by atoms with Gasteiger partial charge in [-0.2, -0.15) is 0 Å². The monoisotopic (exact) mass is 290 g/mol. The number of aromatic nitrogens is 1. The van der Waals surface area contributed by atoms with Crippen molar-refractivity contribution in [1.82, 2.24) is 5.16 Å². The number of carbonyl (C=O) groups is 2. The van der Waals surface area contributed by atoms with Gasteiger partial charge in [-0.25, -0.2) is 9.18 Å². The lowest BCUT2D eigenvalue weighted by atomic mass is 10.1. The Morgan fingerprint density at radius 3 is 2.81 bits per heavy atom. The molecule has 108 valence electrons. The molecule has 6 nitrogen and oxygen atoms in total. The number of halogens is 1. The number of rotatable bonds is 4. The maximum atomic E-state index is 13.7. The summed E-state index contributed by atoms with van der Waals surface area (Å²) in [5.74, 6) is -1.95. The summed E-state index contributed by atoms with van der Waals surface area (Å²) in [7, 11) is 0. The van der Waals surface area contributed by atoms with Gasteiger partial charge in [-0.1, -0.05) is 11.2 Å². The predicted molar refractivity (Wildman–Crippen MR) is 69.8 cm³/mol. The molecule has 0 unspecified atom stereocenters. The number of carboxylic acid groups (broad SMARTS) is 1. The van der Waals surface area contributed by atoms with Gasteiger partial charge in [0.15, 0.2) is 5.69 Å². The molecular formula is C14H11FN2O4. The molecule has 1 aromatic heterocycles. The van der Waals surface area contributed by atoms with E-state index >= 15 is 0 Å². The highest BCUT2D eigenvalue weighted by molar-refractivity contribution is 6.06. The third-order valence-corrected chi connectivity index (χ3v) is 3.22. The molecule has 0 saturated heterocycles. The molecule has 1 aliphatic carbocycles. The molecule has 3 rings (SSSR count). The van der Waals surface area contributed by atoms with Gasteiger partial charge in [0, 0.05) is 12.0 Å². The standard InChI is InChI=1S/C14H11FN2O4/c15-9-3-1-2-8(14(19)20)12(9)16-13(18)10-6-11(21-17-10)7-4-5-7/h1-3,6-7H,4-5H2,(H,16,18)(H,19,20). The van der Waals surface area contributed by atoms with E-state index in [0.29, 0.717) is 11.7 Å². The Morgan fingerprint density at radius 1 is 1.38 bits per heavy atom. The van der Waals surface area contributed by atoms with E-state index in [0.717, 1.165) is 18.9 Å². The first kappa shape index (κ1) is 13.3. The fourth-order valence-corrected chi connectivity index (χ4v) is 1.96. The fourth-order valence-electron chi connectivity index (χ4n) is 1.96. The van der Waals surface area contributed by atoms with E-state index in [1.54, 1.807) is 0 Å². The van der Waals surface area contributed by atoms with Gasteiger partial charge in [0.2, 0.25) is 0 Å². The number of anilines is 1. The van der Waals surface area contributed by atoms with E-state index in [4.69, 9.17) is 9.63 Å². The van der Waals surface area contributed by atoms with E-state index in [9.17, 15) is 14.0 Å². The maximum absolute atomic E-state index is 13.7. The molecule has 1 amide bonds. The number of carbonyl (C=O) groups excluding carboxylic acids is 1. The van der Waals surface area contributed by atoms with E-state index in [-0.39, 0.29) is 16.9 Å². The number of aromatic carboxylic acids is 1. The Hall–Kier alpha value is -2.70. The van der Waals surface area contributed by atoms with Crippen LogP contribution in [-0.2, 0) is 0 Å². The van der Waals surface area contributed by atoms with Crippen LogP contribution in [-0.4, -0.2) is 22.1 Å². The normalized spacial score (nSPS) is 14.0. The van der Waals surface area contributed by atoms with E-state index < -0.39 is 17.7 Å². The lowest BCUT2D eigenvalue weighted by molar-refractivity contribution is 0.0697. The zero-order valence-corrected chi connectivity index (χ0v) is 10.8. The summed E-state index contributed by atoms with van der Waals surface area (Å²) >= 11 is 0. The zero-order valence-electron chi connectivity index (χ0n) is 10.8. The molecule has 0 spiro atoms. The number of nitrogens with zero attached hydrogens (tertiary/aromatic N) is 1. The van der Waals surface area contributed by atoms with Crippen molar-refractivity contribution >= 4 is 17.6 Å². The molecule has 1 aliphatic rings. The van der Waals surface area contributed by atoms with Gasteiger partial charge in [-0.15, -0.1) is 0 Å². The van der Waals surface area contributed by atoms with Gasteiger partial charge in [-0.05, 0) is 25.0 Å². The Balaban J connectivity index is 1.85. The van der Waals surface area contributed by atoms with Crippen LogP contribution in [0.3, 0.4) is 0 Å². The summed E-state index contributed by atoms with van der Waals surface area (Å²) in [5.41, 5.74) is -0.711. The number of carboxylic acids is 1. The molecule has 0 radical (unpaired) electrons. The second-order valence-corrected chi connectivity index (χ2v) is 4.81. The first-order valence-electron chi connectivity index (χ1n) is 6.36. The molecule has 2 N–H and O–H groups in total.